The summed E-state index contributed by atoms with van der Waals surface area (Å²) in [6.07, 6.45) is 5.58. The molecule has 0 fully saturated rings. The first-order chi connectivity index (χ1) is 13.1. The second kappa shape index (κ2) is 7.27. The number of hydrogen-bond acceptors (Lipinski definition) is 3. The van der Waals surface area contributed by atoms with Crippen LogP contribution in [-0.4, -0.2) is 21.6 Å². The molecular formula is C22H23N3O2. The van der Waals surface area contributed by atoms with E-state index >= 15 is 0 Å². The normalized spacial score (nSPS) is 18.0. The fourth-order valence-electron chi connectivity index (χ4n) is 3.50. The van der Waals surface area contributed by atoms with Crippen molar-refractivity contribution in [2.24, 2.45) is 0 Å². The zero-order valence-corrected chi connectivity index (χ0v) is 15.6. The molecule has 138 valence electrons. The number of benzene rings is 2. The van der Waals surface area contributed by atoms with E-state index < -0.39 is 0 Å². The standard InChI is InChI=1S/C22H23N3O2/c1-15-16(2)27-21-19(15)8-5-9-20(21)22(26)24-12-17-6-3-4-7-18(17)13-25-11-10-23-14-25/h3-11,14-16H,12-13H2,1-2H3,(H,24,26). The third-order valence-corrected chi connectivity index (χ3v) is 5.26. The van der Waals surface area contributed by atoms with E-state index in [2.05, 4.69) is 23.3 Å². The molecule has 0 saturated carbocycles. The molecule has 0 aliphatic carbocycles. The quantitative estimate of drug-likeness (QED) is 0.753. The first-order valence-corrected chi connectivity index (χ1v) is 9.24. The average Bonchev–Trinajstić information content (AvgIpc) is 3.29. The molecule has 1 aliphatic heterocycles. The topological polar surface area (TPSA) is 56.1 Å². The summed E-state index contributed by atoms with van der Waals surface area (Å²) in [6, 6.07) is 13.9. The zero-order chi connectivity index (χ0) is 18.8. The van der Waals surface area contributed by atoms with E-state index in [1.54, 1.807) is 12.5 Å². The molecule has 1 aliphatic rings. The fourth-order valence-corrected chi connectivity index (χ4v) is 3.50. The van der Waals surface area contributed by atoms with Crippen LogP contribution in [-0.2, 0) is 13.1 Å². The number of carbonyl (C=O) groups is 1. The molecule has 0 saturated heterocycles. The van der Waals surface area contributed by atoms with Crippen molar-refractivity contribution in [3.05, 3.63) is 83.4 Å². The molecule has 5 heteroatoms. The Morgan fingerprint density at radius 3 is 2.74 bits per heavy atom. The lowest BCUT2D eigenvalue weighted by Gasteiger charge is -2.13. The van der Waals surface area contributed by atoms with Gasteiger partial charge in [-0.05, 0) is 24.1 Å². The SMILES string of the molecule is CC1Oc2c(C(=O)NCc3ccccc3Cn3ccnc3)cccc2C1C. The largest absolute Gasteiger partial charge is 0.489 e. The first-order valence-electron chi connectivity index (χ1n) is 9.24. The fraction of sp³-hybridized carbons (Fsp3) is 0.273. The van der Waals surface area contributed by atoms with Gasteiger partial charge in [-0.2, -0.15) is 0 Å². The van der Waals surface area contributed by atoms with E-state index in [1.165, 1.54) is 0 Å². The van der Waals surface area contributed by atoms with Gasteiger partial charge in [-0.1, -0.05) is 43.3 Å². The van der Waals surface area contributed by atoms with E-state index in [4.69, 9.17) is 4.74 Å². The Balaban J connectivity index is 1.50. The lowest BCUT2D eigenvalue weighted by Crippen LogP contribution is -2.24. The van der Waals surface area contributed by atoms with Gasteiger partial charge in [0.1, 0.15) is 11.9 Å². The average molecular weight is 361 g/mol. The summed E-state index contributed by atoms with van der Waals surface area (Å²) in [4.78, 5) is 16.9. The minimum Gasteiger partial charge on any atom is -0.489 e. The van der Waals surface area contributed by atoms with Crippen molar-refractivity contribution in [3.63, 3.8) is 0 Å². The van der Waals surface area contributed by atoms with Crippen molar-refractivity contribution >= 4 is 5.91 Å². The van der Waals surface area contributed by atoms with Crippen LogP contribution in [0.1, 0.15) is 46.8 Å². The zero-order valence-electron chi connectivity index (χ0n) is 15.6. The molecule has 2 atom stereocenters. The Labute approximate surface area is 159 Å². The monoisotopic (exact) mass is 361 g/mol. The number of hydrogen-bond donors (Lipinski definition) is 1. The maximum atomic E-state index is 12.8. The molecule has 2 heterocycles. The highest BCUT2D eigenvalue weighted by molar-refractivity contribution is 5.97. The molecule has 27 heavy (non-hydrogen) atoms. The van der Waals surface area contributed by atoms with Crippen LogP contribution in [0, 0.1) is 0 Å². The summed E-state index contributed by atoms with van der Waals surface area (Å²) in [7, 11) is 0. The van der Waals surface area contributed by atoms with Gasteiger partial charge in [-0.3, -0.25) is 4.79 Å². The second-order valence-electron chi connectivity index (χ2n) is 7.02. The van der Waals surface area contributed by atoms with Crippen molar-refractivity contribution in [2.45, 2.75) is 39.0 Å². The lowest BCUT2D eigenvalue weighted by molar-refractivity contribution is 0.0946. The summed E-state index contributed by atoms with van der Waals surface area (Å²) >= 11 is 0. The van der Waals surface area contributed by atoms with Crippen LogP contribution in [0.2, 0.25) is 0 Å². The highest BCUT2D eigenvalue weighted by Gasteiger charge is 2.30. The molecular weight excluding hydrogens is 338 g/mol. The van der Waals surface area contributed by atoms with Crippen LogP contribution in [0.4, 0.5) is 0 Å². The number of rotatable bonds is 5. The maximum Gasteiger partial charge on any atom is 0.255 e. The second-order valence-corrected chi connectivity index (χ2v) is 7.02. The van der Waals surface area contributed by atoms with Crippen LogP contribution < -0.4 is 10.1 Å². The van der Waals surface area contributed by atoms with Crippen LogP contribution in [0.15, 0.2) is 61.2 Å². The molecule has 0 bridgehead atoms. The van der Waals surface area contributed by atoms with Gasteiger partial charge in [-0.15, -0.1) is 0 Å². The van der Waals surface area contributed by atoms with Crippen molar-refractivity contribution in [3.8, 4) is 5.75 Å². The molecule has 2 unspecified atom stereocenters. The lowest BCUT2D eigenvalue weighted by atomic mass is 9.97. The van der Waals surface area contributed by atoms with Crippen molar-refractivity contribution in [2.75, 3.05) is 0 Å². The smallest absolute Gasteiger partial charge is 0.255 e. The molecule has 3 aromatic rings. The minimum absolute atomic E-state index is 0.0878. The number of para-hydroxylation sites is 1. The number of amides is 1. The Hall–Kier alpha value is -3.08. The van der Waals surface area contributed by atoms with Gasteiger partial charge in [0, 0.05) is 37.0 Å². The minimum atomic E-state index is -0.106. The van der Waals surface area contributed by atoms with Gasteiger partial charge in [0.2, 0.25) is 0 Å². The molecule has 1 N–H and O–H groups in total. The summed E-state index contributed by atoms with van der Waals surface area (Å²) in [6.45, 7) is 5.37. The van der Waals surface area contributed by atoms with E-state index in [0.29, 0.717) is 18.0 Å². The van der Waals surface area contributed by atoms with E-state index in [-0.39, 0.29) is 12.0 Å². The highest BCUT2D eigenvalue weighted by atomic mass is 16.5. The number of nitrogens with one attached hydrogen (secondary N) is 1. The van der Waals surface area contributed by atoms with Gasteiger partial charge in [0.15, 0.2) is 0 Å². The predicted molar refractivity (Wildman–Crippen MR) is 104 cm³/mol. The molecule has 4 rings (SSSR count). The number of imidazole rings is 1. The maximum absolute atomic E-state index is 12.8. The van der Waals surface area contributed by atoms with Crippen molar-refractivity contribution < 1.29 is 9.53 Å². The van der Waals surface area contributed by atoms with E-state index in [9.17, 15) is 4.79 Å². The molecule has 2 aromatic carbocycles. The van der Waals surface area contributed by atoms with Gasteiger partial charge >= 0.3 is 0 Å². The van der Waals surface area contributed by atoms with Crippen LogP contribution >= 0.6 is 0 Å². The third-order valence-electron chi connectivity index (χ3n) is 5.26. The van der Waals surface area contributed by atoms with E-state index in [1.807, 2.05) is 54.1 Å². The summed E-state index contributed by atoms with van der Waals surface area (Å²) in [5, 5.41) is 3.05. The number of aromatic nitrogens is 2. The Kier molecular flexibility index (Phi) is 4.67. The van der Waals surface area contributed by atoms with Gasteiger partial charge in [0.25, 0.3) is 5.91 Å². The molecule has 0 spiro atoms. The van der Waals surface area contributed by atoms with Gasteiger partial charge in [-0.25, -0.2) is 4.98 Å². The van der Waals surface area contributed by atoms with Crippen molar-refractivity contribution in [1.29, 1.82) is 0 Å². The number of fused-ring (bicyclic) bond motifs is 1. The molecule has 0 radical (unpaired) electrons. The third kappa shape index (κ3) is 3.45. The highest BCUT2D eigenvalue weighted by Crippen LogP contribution is 2.40. The summed E-state index contributed by atoms with van der Waals surface area (Å²) < 4.78 is 7.96. The first kappa shape index (κ1) is 17.3. The van der Waals surface area contributed by atoms with Crippen LogP contribution in [0.5, 0.6) is 5.75 Å². The van der Waals surface area contributed by atoms with Crippen LogP contribution in [0.25, 0.3) is 0 Å². The van der Waals surface area contributed by atoms with E-state index in [0.717, 1.165) is 29.0 Å². The summed E-state index contributed by atoms with van der Waals surface area (Å²) in [5.41, 5.74) is 3.97. The Morgan fingerprint density at radius 2 is 1.96 bits per heavy atom. The number of carbonyl (C=O) groups excluding carboxylic acids is 1. The molecule has 1 amide bonds. The van der Waals surface area contributed by atoms with Gasteiger partial charge in [0.05, 0.1) is 11.9 Å². The predicted octanol–water partition coefficient (Wildman–Crippen LogP) is 3.75. The Bertz CT molecular complexity index is 950. The number of ether oxygens (including phenoxy) is 1. The molecule has 5 nitrogen and oxygen atoms in total. The number of nitrogens with zero attached hydrogens (tertiary/aromatic N) is 2. The van der Waals surface area contributed by atoms with Gasteiger partial charge < -0.3 is 14.6 Å². The summed E-state index contributed by atoms with van der Waals surface area (Å²) in [5.74, 6) is 0.913. The van der Waals surface area contributed by atoms with Crippen molar-refractivity contribution in [1.82, 2.24) is 14.9 Å². The Morgan fingerprint density at radius 1 is 1.15 bits per heavy atom. The van der Waals surface area contributed by atoms with Crippen LogP contribution in [0.3, 0.4) is 0 Å². The molecule has 1 aromatic heterocycles.